The van der Waals surface area contributed by atoms with Gasteiger partial charge in [-0.05, 0) is 48.2 Å². The van der Waals surface area contributed by atoms with Crippen LogP contribution in [0.15, 0.2) is 83.9 Å². The number of hydrogen-bond acceptors (Lipinski definition) is 2. The number of aliphatic imine (C=N–C) groups is 1. The average molecular weight is 400 g/mol. The van der Waals surface area contributed by atoms with Gasteiger partial charge in [-0.3, -0.25) is 0 Å². The summed E-state index contributed by atoms with van der Waals surface area (Å²) >= 11 is 0. The molecule has 0 saturated carbocycles. The molecule has 0 spiro atoms. The fraction of sp³-hybridized carbons (Fsp3) is 0.192. The molecule has 1 aliphatic heterocycles. The van der Waals surface area contributed by atoms with Crippen molar-refractivity contribution in [2.24, 2.45) is 4.99 Å². The molecule has 0 saturated heterocycles. The summed E-state index contributed by atoms with van der Waals surface area (Å²) in [5, 5.41) is 3.30. The number of unbranched alkanes of at least 4 members (excludes halogenated alkanes) is 1. The van der Waals surface area contributed by atoms with Crippen LogP contribution < -0.4 is 5.32 Å². The van der Waals surface area contributed by atoms with E-state index in [2.05, 4.69) is 17.2 Å². The first-order valence-corrected chi connectivity index (χ1v) is 10.4. The van der Waals surface area contributed by atoms with Crippen molar-refractivity contribution in [3.05, 3.63) is 101 Å². The number of nitrogens with zero attached hydrogens (tertiary/aromatic N) is 1. The Bertz CT molecular complexity index is 1060. The summed E-state index contributed by atoms with van der Waals surface area (Å²) in [5.74, 6) is 0.548. The highest BCUT2D eigenvalue weighted by Crippen LogP contribution is 2.37. The molecule has 0 radical (unpaired) electrons. The monoisotopic (exact) mass is 400 g/mol. The van der Waals surface area contributed by atoms with Gasteiger partial charge in [0.2, 0.25) is 0 Å². The highest BCUT2D eigenvalue weighted by atomic mass is 19.1. The van der Waals surface area contributed by atoms with Gasteiger partial charge in [0.15, 0.2) is 0 Å². The molecular formula is C26H25FN2O. The molecule has 1 N–H and O–H groups in total. The van der Waals surface area contributed by atoms with Gasteiger partial charge in [0.05, 0.1) is 12.2 Å². The van der Waals surface area contributed by atoms with Gasteiger partial charge >= 0.3 is 0 Å². The summed E-state index contributed by atoms with van der Waals surface area (Å²) in [6.07, 6.45) is 2.93. The number of nitrogens with one attached hydrogen (secondary N) is 1. The second-order valence-electron chi connectivity index (χ2n) is 7.30. The summed E-state index contributed by atoms with van der Waals surface area (Å²) in [7, 11) is 0. The maximum atomic E-state index is 13.5. The molecule has 3 aromatic carbocycles. The number of rotatable bonds is 6. The van der Waals surface area contributed by atoms with Crippen molar-refractivity contribution in [1.82, 2.24) is 0 Å². The molecule has 0 aromatic heterocycles. The summed E-state index contributed by atoms with van der Waals surface area (Å²) in [6.45, 7) is 2.69. The van der Waals surface area contributed by atoms with Crippen LogP contribution in [0.1, 0.15) is 42.9 Å². The normalized spacial score (nSPS) is 15.9. The van der Waals surface area contributed by atoms with Gasteiger partial charge < -0.3 is 10.1 Å². The van der Waals surface area contributed by atoms with Crippen LogP contribution in [0.5, 0.6) is 0 Å². The summed E-state index contributed by atoms with van der Waals surface area (Å²) < 4.78 is 19.8. The van der Waals surface area contributed by atoms with Crippen LogP contribution in [-0.2, 0) is 11.3 Å². The van der Waals surface area contributed by atoms with Crippen LogP contribution in [0.25, 0.3) is 11.3 Å². The third-order valence-electron chi connectivity index (χ3n) is 5.11. The third kappa shape index (κ3) is 4.60. The lowest BCUT2D eigenvalue weighted by Crippen LogP contribution is -2.22. The molecule has 0 fully saturated rings. The quantitative estimate of drug-likeness (QED) is 0.489. The van der Waals surface area contributed by atoms with Crippen molar-refractivity contribution in [1.29, 1.82) is 0 Å². The zero-order chi connectivity index (χ0) is 20.8. The minimum atomic E-state index is -0.240. The van der Waals surface area contributed by atoms with E-state index in [0.29, 0.717) is 12.6 Å². The Morgan fingerprint density at radius 2 is 1.67 bits per heavy atom. The molecule has 152 valence electrons. The summed E-state index contributed by atoms with van der Waals surface area (Å²) in [5.41, 5.74) is 5.11. The molecule has 0 aliphatic carbocycles. The third-order valence-corrected chi connectivity index (χ3v) is 5.11. The molecule has 0 unspecified atom stereocenters. The van der Waals surface area contributed by atoms with Crippen molar-refractivity contribution in [2.75, 3.05) is 5.32 Å². The first-order valence-electron chi connectivity index (χ1n) is 10.4. The molecule has 0 bridgehead atoms. The highest BCUT2D eigenvalue weighted by Gasteiger charge is 2.23. The second-order valence-corrected chi connectivity index (χ2v) is 7.30. The van der Waals surface area contributed by atoms with E-state index < -0.39 is 0 Å². The minimum Gasteiger partial charge on any atom is -0.425 e. The number of para-hydroxylation sites is 1. The van der Waals surface area contributed by atoms with Crippen molar-refractivity contribution >= 4 is 23.0 Å². The smallest absolute Gasteiger partial charge is 0.295 e. The zero-order valence-corrected chi connectivity index (χ0v) is 17.1. The second kappa shape index (κ2) is 9.40. The maximum absolute atomic E-state index is 13.5. The Morgan fingerprint density at radius 3 is 2.43 bits per heavy atom. The van der Waals surface area contributed by atoms with Gasteiger partial charge in [0.25, 0.3) is 6.02 Å². The molecule has 3 aromatic rings. The maximum Gasteiger partial charge on any atom is 0.295 e. The number of hydrogen-bond donors (Lipinski definition) is 1. The SMILES string of the molecule is CCCC/C(=C1\OC(=NCc2ccccc2)Nc2ccccc21)c1ccc(F)cc1. The predicted molar refractivity (Wildman–Crippen MR) is 121 cm³/mol. The predicted octanol–water partition coefficient (Wildman–Crippen LogP) is 6.88. The van der Waals surface area contributed by atoms with Crippen LogP contribution in [0.4, 0.5) is 10.1 Å². The van der Waals surface area contributed by atoms with Crippen LogP contribution in [0.3, 0.4) is 0 Å². The number of fused-ring (bicyclic) bond motifs is 1. The van der Waals surface area contributed by atoms with E-state index in [1.54, 1.807) is 0 Å². The molecule has 4 rings (SSSR count). The number of ether oxygens (including phenoxy) is 1. The van der Waals surface area contributed by atoms with Crippen LogP contribution in [0.2, 0.25) is 0 Å². The van der Waals surface area contributed by atoms with E-state index in [-0.39, 0.29) is 5.82 Å². The number of anilines is 1. The van der Waals surface area contributed by atoms with Crippen molar-refractivity contribution in [2.45, 2.75) is 32.7 Å². The van der Waals surface area contributed by atoms with E-state index in [1.165, 1.54) is 12.1 Å². The van der Waals surface area contributed by atoms with E-state index in [0.717, 1.165) is 53.0 Å². The molecule has 0 amide bonds. The lowest BCUT2D eigenvalue weighted by Gasteiger charge is -2.25. The topological polar surface area (TPSA) is 33.6 Å². The molecular weight excluding hydrogens is 375 g/mol. The fourth-order valence-corrected chi connectivity index (χ4v) is 3.52. The number of allylic oxidation sites excluding steroid dienone is 1. The number of benzene rings is 3. The summed E-state index contributed by atoms with van der Waals surface area (Å²) in [4.78, 5) is 4.66. The van der Waals surface area contributed by atoms with Gasteiger partial charge in [-0.15, -0.1) is 0 Å². The van der Waals surface area contributed by atoms with Crippen LogP contribution >= 0.6 is 0 Å². The standard InChI is InChI=1S/C26H25FN2O/c1-2-3-11-22(20-14-16-21(27)17-15-20)25-23-12-7-8-13-24(23)29-26(30-25)28-18-19-9-5-4-6-10-19/h4-10,12-17H,2-3,11,18H2,1H3,(H,28,29)/b25-22+. The van der Waals surface area contributed by atoms with Gasteiger partial charge in [0.1, 0.15) is 11.6 Å². The molecule has 30 heavy (non-hydrogen) atoms. The first kappa shape index (κ1) is 19.9. The first-order chi connectivity index (χ1) is 14.7. The van der Waals surface area contributed by atoms with Gasteiger partial charge in [-0.25, -0.2) is 9.38 Å². The fourth-order valence-electron chi connectivity index (χ4n) is 3.52. The Balaban J connectivity index is 1.76. The number of halogens is 1. The Hall–Kier alpha value is -3.40. The average Bonchev–Trinajstić information content (AvgIpc) is 2.79. The highest BCUT2D eigenvalue weighted by molar-refractivity contribution is 6.05. The van der Waals surface area contributed by atoms with Gasteiger partial charge in [-0.2, -0.15) is 0 Å². The number of amidine groups is 1. The Morgan fingerprint density at radius 1 is 0.933 bits per heavy atom. The van der Waals surface area contributed by atoms with E-state index >= 15 is 0 Å². The van der Waals surface area contributed by atoms with Gasteiger partial charge in [0, 0.05) is 11.1 Å². The molecule has 1 heterocycles. The van der Waals surface area contributed by atoms with E-state index in [4.69, 9.17) is 4.74 Å². The van der Waals surface area contributed by atoms with Crippen molar-refractivity contribution < 1.29 is 9.13 Å². The molecule has 3 nitrogen and oxygen atoms in total. The largest absolute Gasteiger partial charge is 0.425 e. The van der Waals surface area contributed by atoms with Crippen LogP contribution in [0, 0.1) is 5.82 Å². The summed E-state index contributed by atoms with van der Waals surface area (Å²) in [6, 6.07) is 25.3. The van der Waals surface area contributed by atoms with Crippen molar-refractivity contribution in [3.8, 4) is 0 Å². The van der Waals surface area contributed by atoms with Gasteiger partial charge in [-0.1, -0.05) is 67.9 Å². The Labute approximate surface area is 176 Å². The zero-order valence-electron chi connectivity index (χ0n) is 17.1. The molecule has 0 atom stereocenters. The Kier molecular flexibility index (Phi) is 6.23. The van der Waals surface area contributed by atoms with E-state index in [9.17, 15) is 4.39 Å². The van der Waals surface area contributed by atoms with E-state index in [1.807, 2.05) is 66.7 Å². The van der Waals surface area contributed by atoms with Crippen LogP contribution in [-0.4, -0.2) is 6.02 Å². The minimum absolute atomic E-state index is 0.240. The molecule has 4 heteroatoms. The molecule has 1 aliphatic rings. The lowest BCUT2D eigenvalue weighted by atomic mass is 9.95. The lowest BCUT2D eigenvalue weighted by molar-refractivity contribution is 0.495. The van der Waals surface area contributed by atoms with Crippen molar-refractivity contribution in [3.63, 3.8) is 0 Å².